The van der Waals surface area contributed by atoms with Crippen molar-refractivity contribution >= 4 is 15.9 Å². The number of hydrogen-bond acceptors (Lipinski definition) is 7. The number of hydrogen-bond donors (Lipinski definition) is 0. The highest BCUT2D eigenvalue weighted by Crippen LogP contribution is 2.45. The Morgan fingerprint density at radius 1 is 1.29 bits per heavy atom. The second-order valence-corrected chi connectivity index (χ2v) is 7.65. The van der Waals surface area contributed by atoms with Crippen molar-refractivity contribution in [1.82, 2.24) is 9.88 Å². The third kappa shape index (κ3) is 2.99. The number of ether oxygens (including phenoxy) is 3. The molecule has 0 aromatic carbocycles. The van der Waals surface area contributed by atoms with Crippen LogP contribution in [0.25, 0.3) is 0 Å². The van der Waals surface area contributed by atoms with E-state index in [1.54, 1.807) is 6.07 Å². The summed E-state index contributed by atoms with van der Waals surface area (Å²) in [5.41, 5.74) is -0.780. The van der Waals surface area contributed by atoms with E-state index >= 15 is 0 Å². The van der Waals surface area contributed by atoms with Crippen LogP contribution >= 0.6 is 0 Å². The largest absolute Gasteiger partial charge is 0.476 e. The van der Waals surface area contributed by atoms with Gasteiger partial charge in [-0.25, -0.2) is 4.98 Å². The number of sulfonamides is 1. The van der Waals surface area contributed by atoms with E-state index in [-0.39, 0.29) is 16.7 Å². The fraction of sp³-hybridized carbons (Fsp3) is 0.600. The molecule has 1 aliphatic carbocycles. The van der Waals surface area contributed by atoms with Gasteiger partial charge < -0.3 is 14.2 Å². The van der Waals surface area contributed by atoms with Crippen LogP contribution in [0, 0.1) is 0 Å². The highest BCUT2D eigenvalue weighted by atomic mass is 32.2. The molecule has 2 aliphatic heterocycles. The Bertz CT molecular complexity index is 754. The standard InChI is InChI=1S/C15H19N3O5S/c19-24(20)12-2-1-5-16-13(12)23-15(3-4-15)14(17-24)22-11-8-18-6-9-21-10-7-18/h1-2,5H,3-4,6-11H2. The van der Waals surface area contributed by atoms with Gasteiger partial charge in [-0.3, -0.25) is 4.90 Å². The van der Waals surface area contributed by atoms with E-state index in [1.165, 1.54) is 12.3 Å². The lowest BCUT2D eigenvalue weighted by Gasteiger charge is -2.26. The van der Waals surface area contributed by atoms with Crippen LogP contribution in [0.15, 0.2) is 27.6 Å². The third-order valence-corrected chi connectivity index (χ3v) is 5.63. The second-order valence-electron chi connectivity index (χ2n) is 6.08. The molecule has 1 spiro atoms. The lowest BCUT2D eigenvalue weighted by atomic mass is 10.3. The molecule has 0 amide bonds. The Hall–Kier alpha value is -1.71. The van der Waals surface area contributed by atoms with Crippen molar-refractivity contribution in [3.8, 4) is 5.88 Å². The average molecular weight is 353 g/mol. The predicted octanol–water partition coefficient (Wildman–Crippen LogP) is 0.443. The van der Waals surface area contributed by atoms with E-state index in [0.717, 1.165) is 13.1 Å². The fourth-order valence-electron chi connectivity index (χ4n) is 2.80. The zero-order chi connectivity index (χ0) is 16.6. The first-order chi connectivity index (χ1) is 11.6. The highest BCUT2D eigenvalue weighted by Gasteiger charge is 2.55. The molecular formula is C15H19N3O5S. The van der Waals surface area contributed by atoms with Crippen LogP contribution < -0.4 is 4.74 Å². The SMILES string of the molecule is O=S1(=O)N=C(OCCN2CCOCC2)C2(CC2)Oc2ncccc21. The molecule has 9 heteroatoms. The van der Waals surface area contributed by atoms with Gasteiger partial charge in [0.15, 0.2) is 10.5 Å². The van der Waals surface area contributed by atoms with Gasteiger partial charge in [0.05, 0.1) is 13.2 Å². The molecule has 1 saturated carbocycles. The molecule has 4 rings (SSSR count). The van der Waals surface area contributed by atoms with Crippen molar-refractivity contribution in [3.05, 3.63) is 18.3 Å². The third-order valence-electron chi connectivity index (χ3n) is 4.35. The molecule has 0 atom stereocenters. The quantitative estimate of drug-likeness (QED) is 0.779. The summed E-state index contributed by atoms with van der Waals surface area (Å²) in [6.45, 7) is 4.19. The van der Waals surface area contributed by atoms with Gasteiger partial charge in [0.25, 0.3) is 10.0 Å². The van der Waals surface area contributed by atoms with E-state index in [4.69, 9.17) is 14.2 Å². The summed E-state index contributed by atoms with van der Waals surface area (Å²) in [6, 6.07) is 3.01. The van der Waals surface area contributed by atoms with Gasteiger partial charge in [0.2, 0.25) is 11.8 Å². The monoisotopic (exact) mass is 353 g/mol. The Morgan fingerprint density at radius 3 is 2.83 bits per heavy atom. The molecule has 24 heavy (non-hydrogen) atoms. The van der Waals surface area contributed by atoms with Crippen LogP contribution in [0.3, 0.4) is 0 Å². The molecule has 1 aromatic heterocycles. The smallest absolute Gasteiger partial charge is 0.290 e. The molecule has 8 nitrogen and oxygen atoms in total. The van der Waals surface area contributed by atoms with Crippen molar-refractivity contribution < 1.29 is 22.6 Å². The van der Waals surface area contributed by atoms with Crippen molar-refractivity contribution in [3.63, 3.8) is 0 Å². The Labute approximate surface area is 140 Å². The molecule has 0 N–H and O–H groups in total. The molecule has 3 aliphatic rings. The van der Waals surface area contributed by atoms with Gasteiger partial charge in [0, 0.05) is 38.7 Å². The van der Waals surface area contributed by atoms with Gasteiger partial charge in [0.1, 0.15) is 6.61 Å². The first kappa shape index (κ1) is 15.8. The van der Waals surface area contributed by atoms with Crippen LogP contribution in [0.2, 0.25) is 0 Å². The molecule has 2 fully saturated rings. The van der Waals surface area contributed by atoms with Gasteiger partial charge in [-0.1, -0.05) is 0 Å². The van der Waals surface area contributed by atoms with Crippen molar-refractivity contribution in [2.45, 2.75) is 23.3 Å². The average Bonchev–Trinajstić information content (AvgIpc) is 3.36. The second kappa shape index (κ2) is 5.98. The van der Waals surface area contributed by atoms with Gasteiger partial charge in [-0.15, -0.1) is 4.40 Å². The van der Waals surface area contributed by atoms with E-state index in [0.29, 0.717) is 39.2 Å². The number of fused-ring (bicyclic) bond motifs is 1. The van der Waals surface area contributed by atoms with Crippen molar-refractivity contribution in [2.75, 3.05) is 39.5 Å². The minimum Gasteiger partial charge on any atom is -0.476 e. The molecule has 0 unspecified atom stereocenters. The van der Waals surface area contributed by atoms with Crippen LogP contribution in [0.4, 0.5) is 0 Å². The van der Waals surface area contributed by atoms with E-state index in [2.05, 4.69) is 14.3 Å². The summed E-state index contributed by atoms with van der Waals surface area (Å²) in [7, 11) is -3.87. The molecule has 1 saturated heterocycles. The number of aromatic nitrogens is 1. The Kier molecular flexibility index (Phi) is 3.93. The minimum atomic E-state index is -3.87. The zero-order valence-electron chi connectivity index (χ0n) is 13.2. The maximum absolute atomic E-state index is 12.5. The highest BCUT2D eigenvalue weighted by molar-refractivity contribution is 7.90. The summed E-state index contributed by atoms with van der Waals surface area (Å²) in [6.07, 6.45) is 2.86. The summed E-state index contributed by atoms with van der Waals surface area (Å²) in [5, 5.41) is 0. The molecular weight excluding hydrogens is 334 g/mol. The van der Waals surface area contributed by atoms with Crippen LogP contribution in [0.5, 0.6) is 5.88 Å². The van der Waals surface area contributed by atoms with Crippen LogP contribution in [-0.2, 0) is 19.5 Å². The normalized spacial score (nSPS) is 24.4. The fourth-order valence-corrected chi connectivity index (χ4v) is 3.90. The number of pyridine rings is 1. The van der Waals surface area contributed by atoms with Gasteiger partial charge in [-0.05, 0) is 12.1 Å². The van der Waals surface area contributed by atoms with Gasteiger partial charge in [-0.2, -0.15) is 8.42 Å². The summed E-state index contributed by atoms with van der Waals surface area (Å²) < 4.78 is 45.8. The van der Waals surface area contributed by atoms with Crippen LogP contribution in [0.1, 0.15) is 12.8 Å². The Morgan fingerprint density at radius 2 is 2.08 bits per heavy atom. The molecule has 0 radical (unpaired) electrons. The maximum Gasteiger partial charge on any atom is 0.290 e. The molecule has 1 aromatic rings. The first-order valence-corrected chi connectivity index (χ1v) is 9.46. The Balaban J connectivity index is 1.51. The first-order valence-electron chi connectivity index (χ1n) is 8.01. The maximum atomic E-state index is 12.5. The summed E-state index contributed by atoms with van der Waals surface area (Å²) in [4.78, 5) is 6.25. The van der Waals surface area contributed by atoms with Gasteiger partial charge >= 0.3 is 0 Å². The van der Waals surface area contributed by atoms with E-state index in [1.807, 2.05) is 0 Å². The lowest BCUT2D eigenvalue weighted by Crippen LogP contribution is -2.39. The minimum absolute atomic E-state index is 0.0111. The van der Waals surface area contributed by atoms with Crippen molar-refractivity contribution in [1.29, 1.82) is 0 Å². The number of nitrogens with zero attached hydrogens (tertiary/aromatic N) is 3. The zero-order valence-corrected chi connectivity index (χ0v) is 14.0. The summed E-state index contributed by atoms with van der Waals surface area (Å²) in [5.74, 6) is 0.249. The lowest BCUT2D eigenvalue weighted by molar-refractivity contribution is 0.0303. The predicted molar refractivity (Wildman–Crippen MR) is 84.7 cm³/mol. The van der Waals surface area contributed by atoms with Crippen LogP contribution in [-0.4, -0.2) is 69.3 Å². The number of rotatable bonds is 3. The van der Waals surface area contributed by atoms with Crippen molar-refractivity contribution in [2.24, 2.45) is 4.40 Å². The topological polar surface area (TPSA) is 90.3 Å². The van der Waals surface area contributed by atoms with E-state index < -0.39 is 15.6 Å². The summed E-state index contributed by atoms with van der Waals surface area (Å²) >= 11 is 0. The molecule has 3 heterocycles. The molecule has 130 valence electrons. The van der Waals surface area contributed by atoms with E-state index in [9.17, 15) is 8.42 Å². The number of morpholine rings is 1. The molecule has 0 bridgehead atoms.